The lowest BCUT2D eigenvalue weighted by molar-refractivity contribution is 0.0908. The van der Waals surface area contributed by atoms with E-state index in [-0.39, 0.29) is 10.9 Å². The van der Waals surface area contributed by atoms with Crippen LogP contribution in [0, 0.1) is 6.92 Å². The molecule has 0 spiro atoms. The molecule has 0 saturated heterocycles. The van der Waals surface area contributed by atoms with Crippen molar-refractivity contribution in [2.75, 3.05) is 0 Å². The second-order valence-corrected chi connectivity index (χ2v) is 20.5. The molecular weight excluding hydrogens is 673 g/mol. The average Bonchev–Trinajstić information content (AvgIpc) is 3.74. The first kappa shape index (κ1) is 36.0. The van der Waals surface area contributed by atoms with Crippen molar-refractivity contribution >= 4 is 36.3 Å². The Hall–Kier alpha value is -5.38. The van der Waals surface area contributed by atoms with Gasteiger partial charge in [0.2, 0.25) is 0 Å². The van der Waals surface area contributed by atoms with Gasteiger partial charge in [0, 0.05) is 17.1 Å². The van der Waals surface area contributed by atoms with Gasteiger partial charge in [0.25, 0.3) is 5.91 Å². The van der Waals surface area contributed by atoms with E-state index in [0.717, 1.165) is 39.6 Å². The molecule has 8 nitrogen and oxygen atoms in total. The Morgan fingerprint density at radius 2 is 1.40 bits per heavy atom. The zero-order valence-corrected chi connectivity index (χ0v) is 32.6. The molecule has 3 N–H and O–H groups in total. The van der Waals surface area contributed by atoms with E-state index in [0.29, 0.717) is 34.5 Å². The number of hydrogen-bond donors (Lipinski definition) is 3. The lowest BCUT2D eigenvalue weighted by Crippen LogP contribution is -2.46. The molecular formula is C44H48N6O2Si. The molecule has 270 valence electrons. The fourth-order valence-corrected chi connectivity index (χ4v) is 7.92. The van der Waals surface area contributed by atoms with Crippen molar-refractivity contribution in [3.63, 3.8) is 0 Å². The highest BCUT2D eigenvalue weighted by atomic mass is 28.4. The molecule has 3 heterocycles. The van der Waals surface area contributed by atoms with Crippen LogP contribution in [-0.2, 0) is 5.54 Å². The Labute approximate surface area is 312 Å². The molecule has 0 aliphatic heterocycles. The summed E-state index contributed by atoms with van der Waals surface area (Å²) < 4.78 is 2.12. The van der Waals surface area contributed by atoms with Crippen LogP contribution < -0.4 is 5.32 Å². The number of nitrogens with zero attached hydrogens (tertiary/aromatic N) is 4. The minimum absolute atomic E-state index is 0.225. The molecule has 4 aromatic carbocycles. The third-order valence-electron chi connectivity index (χ3n) is 11.1. The van der Waals surface area contributed by atoms with Crippen LogP contribution in [0.1, 0.15) is 73.1 Å². The monoisotopic (exact) mass is 720 g/mol. The summed E-state index contributed by atoms with van der Waals surface area (Å²) in [5.74, 6) is -0.242. The highest BCUT2D eigenvalue weighted by molar-refractivity contribution is 6.72. The fraction of sp³-hybridized carbons (Fsp3) is 0.273. The highest BCUT2D eigenvalue weighted by Crippen LogP contribution is 2.44. The minimum atomic E-state index is -2.44. The van der Waals surface area contributed by atoms with Crippen LogP contribution in [0.3, 0.4) is 0 Å². The standard InChI is InChI=1S/C44H48N6O2Si/c1-30-23-24-34-36(27-30)48-49-38(34)37-28-45-40-39(46-37)35(41(51)47-42(2,3)25-26-43(4,5)53(6,7)52)29-50(40)44(31-17-11-8-12-18-31,32-19-13-9-14-20-32)33-21-15-10-16-22-33/h8-24,27-29,52H,25-26H2,1-7H3,(H,47,51)(H,48,49). The lowest BCUT2D eigenvalue weighted by atomic mass is 9.76. The number of H-pyrrole nitrogens is 1. The molecule has 9 heteroatoms. The first-order valence-electron chi connectivity index (χ1n) is 18.3. The van der Waals surface area contributed by atoms with Crippen LogP contribution in [0.5, 0.6) is 0 Å². The van der Waals surface area contributed by atoms with Gasteiger partial charge in [-0.1, -0.05) is 117 Å². The van der Waals surface area contributed by atoms with E-state index >= 15 is 0 Å². The lowest BCUT2D eigenvalue weighted by Gasteiger charge is -2.38. The van der Waals surface area contributed by atoms with E-state index in [2.05, 4.69) is 82.5 Å². The number of benzene rings is 4. The van der Waals surface area contributed by atoms with Crippen LogP contribution in [0.15, 0.2) is 122 Å². The first-order valence-corrected chi connectivity index (χ1v) is 21.2. The van der Waals surface area contributed by atoms with Crippen LogP contribution in [0.4, 0.5) is 0 Å². The molecule has 0 bridgehead atoms. The number of aryl methyl sites for hydroxylation is 1. The van der Waals surface area contributed by atoms with E-state index in [4.69, 9.17) is 9.97 Å². The smallest absolute Gasteiger partial charge is 0.255 e. The van der Waals surface area contributed by atoms with Gasteiger partial charge < -0.3 is 14.7 Å². The second kappa shape index (κ2) is 13.5. The van der Waals surface area contributed by atoms with Crippen LogP contribution in [0.25, 0.3) is 33.5 Å². The third kappa shape index (κ3) is 6.60. The largest absolute Gasteiger partial charge is 0.432 e. The van der Waals surface area contributed by atoms with Gasteiger partial charge in [-0.3, -0.25) is 9.89 Å². The zero-order chi connectivity index (χ0) is 37.6. The topological polar surface area (TPSA) is 109 Å². The molecule has 7 rings (SSSR count). The normalized spacial score (nSPS) is 12.8. The van der Waals surface area contributed by atoms with Gasteiger partial charge in [0.15, 0.2) is 14.0 Å². The van der Waals surface area contributed by atoms with Gasteiger partial charge in [-0.25, -0.2) is 9.97 Å². The number of fused-ring (bicyclic) bond motifs is 2. The number of carbonyl (C=O) groups is 1. The second-order valence-electron chi connectivity index (χ2n) is 16.1. The van der Waals surface area contributed by atoms with Gasteiger partial charge in [0.1, 0.15) is 22.4 Å². The van der Waals surface area contributed by atoms with Crippen LogP contribution in [0.2, 0.25) is 18.1 Å². The Morgan fingerprint density at radius 3 is 1.94 bits per heavy atom. The summed E-state index contributed by atoms with van der Waals surface area (Å²) in [6.45, 7) is 14.3. The van der Waals surface area contributed by atoms with Crippen molar-refractivity contribution in [3.8, 4) is 11.4 Å². The Bertz CT molecular complexity index is 2300. The highest BCUT2D eigenvalue weighted by Gasteiger charge is 2.42. The van der Waals surface area contributed by atoms with Crippen molar-refractivity contribution in [3.05, 3.63) is 149 Å². The number of nitrogens with one attached hydrogen (secondary N) is 2. The number of carbonyl (C=O) groups excluding carboxylic acids is 1. The molecule has 7 aromatic rings. The summed E-state index contributed by atoms with van der Waals surface area (Å²) >= 11 is 0. The van der Waals surface area contributed by atoms with Gasteiger partial charge in [0.05, 0.1) is 17.3 Å². The quantitative estimate of drug-likeness (QED) is 0.0912. The Kier molecular flexibility index (Phi) is 9.20. The molecule has 53 heavy (non-hydrogen) atoms. The SMILES string of the molecule is Cc1ccc2c(-c3cnc4c(n3)c(C(=O)NC(C)(C)CCC(C)(C)[Si](C)(C)O)cn4C(c3ccccc3)(c3ccccc3)c3ccccc3)n[nH]c2c1. The number of aromatic nitrogens is 5. The van der Waals surface area contributed by atoms with E-state index in [9.17, 15) is 9.59 Å². The van der Waals surface area contributed by atoms with E-state index in [1.165, 1.54) is 0 Å². The van der Waals surface area contributed by atoms with Crippen molar-refractivity contribution in [2.45, 2.75) is 76.7 Å². The molecule has 0 fully saturated rings. The van der Waals surface area contributed by atoms with Crippen LogP contribution in [-0.4, -0.2) is 49.3 Å². The van der Waals surface area contributed by atoms with Crippen molar-refractivity contribution in [1.29, 1.82) is 0 Å². The molecule has 0 radical (unpaired) electrons. The number of hydrogen-bond acceptors (Lipinski definition) is 5. The molecule has 0 aliphatic rings. The van der Waals surface area contributed by atoms with Gasteiger partial charge >= 0.3 is 0 Å². The van der Waals surface area contributed by atoms with Crippen molar-refractivity contribution in [1.82, 2.24) is 30.0 Å². The van der Waals surface area contributed by atoms with E-state index in [1.807, 2.05) is 101 Å². The van der Waals surface area contributed by atoms with Crippen LogP contribution >= 0.6 is 0 Å². The summed E-state index contributed by atoms with van der Waals surface area (Å²) in [5.41, 5.74) is 6.30. The predicted octanol–water partition coefficient (Wildman–Crippen LogP) is 9.39. The zero-order valence-electron chi connectivity index (χ0n) is 31.6. The van der Waals surface area contributed by atoms with E-state index < -0.39 is 19.4 Å². The third-order valence-corrected chi connectivity index (χ3v) is 14.7. The molecule has 0 unspecified atom stereocenters. The maximum Gasteiger partial charge on any atom is 0.255 e. The molecule has 1 amide bonds. The average molecular weight is 721 g/mol. The van der Waals surface area contributed by atoms with Gasteiger partial charge in [-0.2, -0.15) is 5.10 Å². The fourth-order valence-electron chi connectivity index (χ4n) is 7.18. The maximum absolute atomic E-state index is 14.7. The van der Waals surface area contributed by atoms with Crippen molar-refractivity contribution < 1.29 is 9.59 Å². The number of rotatable bonds is 11. The predicted molar refractivity (Wildman–Crippen MR) is 216 cm³/mol. The Morgan fingerprint density at radius 1 is 0.830 bits per heavy atom. The Balaban J connectivity index is 1.46. The first-order chi connectivity index (χ1) is 25.2. The van der Waals surface area contributed by atoms with Gasteiger partial charge in [-0.05, 0) is 80.1 Å². The maximum atomic E-state index is 14.7. The summed E-state index contributed by atoms with van der Waals surface area (Å²) in [6, 6.07) is 37.2. The summed E-state index contributed by atoms with van der Waals surface area (Å²) in [5, 5.41) is 11.9. The molecule has 0 atom stereocenters. The molecule has 0 saturated carbocycles. The van der Waals surface area contributed by atoms with Gasteiger partial charge in [-0.15, -0.1) is 0 Å². The molecule has 3 aromatic heterocycles. The van der Waals surface area contributed by atoms with Crippen molar-refractivity contribution in [2.24, 2.45) is 0 Å². The van der Waals surface area contributed by atoms with E-state index in [1.54, 1.807) is 6.20 Å². The summed E-state index contributed by atoms with van der Waals surface area (Å²) in [6.07, 6.45) is 5.15. The summed E-state index contributed by atoms with van der Waals surface area (Å²) in [4.78, 5) is 36.1. The molecule has 0 aliphatic carbocycles. The summed E-state index contributed by atoms with van der Waals surface area (Å²) in [7, 11) is -2.44. The minimum Gasteiger partial charge on any atom is -0.432 e. The number of amides is 1. The number of aromatic amines is 1.